The normalized spacial score (nSPS) is 22.8. The lowest BCUT2D eigenvalue weighted by atomic mass is 10.2. The number of halogens is 1. The van der Waals surface area contributed by atoms with Crippen LogP contribution in [0.2, 0.25) is 0 Å². The highest BCUT2D eigenvalue weighted by molar-refractivity contribution is 9.10. The first-order chi connectivity index (χ1) is 8.58. The minimum absolute atomic E-state index is 0.147. The SMILES string of the molecule is COc1cc(Br)cc(NC(=O)C2CC(O)CN2)c1. The number of ether oxygens (including phenoxy) is 1. The zero-order valence-corrected chi connectivity index (χ0v) is 11.5. The van der Waals surface area contributed by atoms with Crippen LogP contribution in [-0.4, -0.2) is 36.8 Å². The van der Waals surface area contributed by atoms with Crippen LogP contribution in [-0.2, 0) is 4.79 Å². The molecule has 1 fully saturated rings. The van der Waals surface area contributed by atoms with E-state index >= 15 is 0 Å². The van der Waals surface area contributed by atoms with Gasteiger partial charge in [-0.15, -0.1) is 0 Å². The predicted molar refractivity (Wildman–Crippen MR) is 71.7 cm³/mol. The molecular weight excluding hydrogens is 300 g/mol. The van der Waals surface area contributed by atoms with E-state index in [0.29, 0.717) is 24.4 Å². The number of β-amino-alcohol motifs (C(OH)–C–C–N with tert-alkyl or cyclic N) is 1. The molecule has 1 amide bonds. The van der Waals surface area contributed by atoms with Gasteiger partial charge in [0, 0.05) is 22.8 Å². The molecule has 1 aromatic rings. The lowest BCUT2D eigenvalue weighted by molar-refractivity contribution is -0.117. The van der Waals surface area contributed by atoms with Gasteiger partial charge in [-0.05, 0) is 18.6 Å². The molecule has 0 saturated carbocycles. The summed E-state index contributed by atoms with van der Waals surface area (Å²) in [6, 6.07) is 5.01. The Morgan fingerprint density at radius 3 is 2.94 bits per heavy atom. The van der Waals surface area contributed by atoms with Crippen LogP contribution < -0.4 is 15.4 Å². The minimum Gasteiger partial charge on any atom is -0.497 e. The van der Waals surface area contributed by atoms with Crippen molar-refractivity contribution < 1.29 is 14.6 Å². The standard InChI is InChI=1S/C12H15BrN2O3/c1-18-10-3-7(13)2-8(4-10)15-12(17)11-5-9(16)6-14-11/h2-4,9,11,14,16H,5-6H2,1H3,(H,15,17). The first-order valence-electron chi connectivity index (χ1n) is 5.65. The molecule has 1 aliphatic heterocycles. The fourth-order valence-electron chi connectivity index (χ4n) is 1.90. The van der Waals surface area contributed by atoms with Gasteiger partial charge >= 0.3 is 0 Å². The van der Waals surface area contributed by atoms with E-state index in [0.717, 1.165) is 4.47 Å². The maximum atomic E-state index is 11.9. The van der Waals surface area contributed by atoms with Crippen molar-refractivity contribution in [1.29, 1.82) is 0 Å². The van der Waals surface area contributed by atoms with Crippen LogP contribution in [0.5, 0.6) is 5.75 Å². The summed E-state index contributed by atoms with van der Waals surface area (Å²) in [6.45, 7) is 0.458. The number of methoxy groups -OCH3 is 1. The average Bonchev–Trinajstić information content (AvgIpc) is 2.75. The summed E-state index contributed by atoms with van der Waals surface area (Å²) in [4.78, 5) is 11.9. The molecule has 98 valence electrons. The first kappa shape index (κ1) is 13.3. The Bertz CT molecular complexity index is 453. The molecule has 1 heterocycles. The molecule has 0 aromatic heterocycles. The zero-order chi connectivity index (χ0) is 13.1. The van der Waals surface area contributed by atoms with Crippen LogP contribution >= 0.6 is 15.9 Å². The third-order valence-corrected chi connectivity index (χ3v) is 3.26. The number of hydrogen-bond donors (Lipinski definition) is 3. The molecule has 0 spiro atoms. The molecule has 3 N–H and O–H groups in total. The van der Waals surface area contributed by atoms with E-state index in [4.69, 9.17) is 4.74 Å². The van der Waals surface area contributed by atoms with Crippen LogP contribution in [0, 0.1) is 0 Å². The van der Waals surface area contributed by atoms with E-state index < -0.39 is 6.10 Å². The second-order valence-electron chi connectivity index (χ2n) is 4.22. The number of amides is 1. The largest absolute Gasteiger partial charge is 0.497 e. The molecule has 1 aromatic carbocycles. The molecule has 2 unspecified atom stereocenters. The average molecular weight is 315 g/mol. The van der Waals surface area contributed by atoms with Gasteiger partial charge in [0.15, 0.2) is 0 Å². The fourth-order valence-corrected chi connectivity index (χ4v) is 2.37. The second-order valence-corrected chi connectivity index (χ2v) is 5.14. The van der Waals surface area contributed by atoms with Crippen molar-refractivity contribution in [2.45, 2.75) is 18.6 Å². The van der Waals surface area contributed by atoms with Crippen molar-refractivity contribution in [2.24, 2.45) is 0 Å². The number of nitrogens with one attached hydrogen (secondary N) is 2. The van der Waals surface area contributed by atoms with Crippen molar-refractivity contribution >= 4 is 27.5 Å². The van der Waals surface area contributed by atoms with E-state index in [1.54, 1.807) is 19.2 Å². The number of hydrogen-bond acceptors (Lipinski definition) is 4. The third kappa shape index (κ3) is 3.22. The van der Waals surface area contributed by atoms with E-state index in [1.165, 1.54) is 0 Å². The van der Waals surface area contributed by atoms with Crippen LogP contribution in [0.4, 0.5) is 5.69 Å². The van der Waals surface area contributed by atoms with Gasteiger partial charge in [-0.25, -0.2) is 0 Å². The smallest absolute Gasteiger partial charge is 0.241 e. The van der Waals surface area contributed by atoms with E-state index in [1.807, 2.05) is 6.07 Å². The van der Waals surface area contributed by atoms with Gasteiger partial charge < -0.3 is 20.5 Å². The summed E-state index contributed by atoms with van der Waals surface area (Å²) in [5.74, 6) is 0.519. The maximum absolute atomic E-state index is 11.9. The van der Waals surface area contributed by atoms with Crippen LogP contribution in [0.3, 0.4) is 0 Å². The summed E-state index contributed by atoms with van der Waals surface area (Å²) < 4.78 is 5.95. The Morgan fingerprint density at radius 2 is 2.33 bits per heavy atom. The van der Waals surface area contributed by atoms with Crippen LogP contribution in [0.25, 0.3) is 0 Å². The number of carbonyl (C=O) groups is 1. The first-order valence-corrected chi connectivity index (χ1v) is 6.44. The lowest BCUT2D eigenvalue weighted by Crippen LogP contribution is -2.35. The quantitative estimate of drug-likeness (QED) is 0.782. The topological polar surface area (TPSA) is 70.6 Å². The van der Waals surface area contributed by atoms with Crippen molar-refractivity contribution in [3.63, 3.8) is 0 Å². The van der Waals surface area contributed by atoms with Gasteiger partial charge in [0.25, 0.3) is 0 Å². The number of rotatable bonds is 3. The summed E-state index contributed by atoms with van der Waals surface area (Å²) in [5, 5.41) is 15.1. The second kappa shape index (κ2) is 5.69. The Kier molecular flexibility index (Phi) is 4.21. The van der Waals surface area contributed by atoms with E-state index in [-0.39, 0.29) is 11.9 Å². The van der Waals surface area contributed by atoms with E-state index in [2.05, 4.69) is 26.6 Å². The van der Waals surface area contributed by atoms with Crippen LogP contribution in [0.15, 0.2) is 22.7 Å². The number of carbonyl (C=O) groups excluding carboxylic acids is 1. The van der Waals surface area contributed by atoms with Gasteiger partial charge in [0.05, 0.1) is 19.3 Å². The molecule has 1 saturated heterocycles. The van der Waals surface area contributed by atoms with Crippen molar-refractivity contribution in [2.75, 3.05) is 19.0 Å². The minimum atomic E-state index is -0.446. The van der Waals surface area contributed by atoms with Gasteiger partial charge in [-0.3, -0.25) is 4.79 Å². The molecule has 0 aliphatic carbocycles. The number of aliphatic hydroxyl groups is 1. The maximum Gasteiger partial charge on any atom is 0.241 e. The monoisotopic (exact) mass is 314 g/mol. The molecular formula is C12H15BrN2O3. The number of anilines is 1. The fraction of sp³-hybridized carbons (Fsp3) is 0.417. The lowest BCUT2D eigenvalue weighted by Gasteiger charge is -2.12. The molecule has 2 atom stereocenters. The predicted octanol–water partition coefficient (Wildman–Crippen LogP) is 1.12. The Morgan fingerprint density at radius 1 is 1.56 bits per heavy atom. The summed E-state index contributed by atoms with van der Waals surface area (Å²) in [6.07, 6.45) is -0.00505. The number of benzene rings is 1. The van der Waals surface area contributed by atoms with Crippen molar-refractivity contribution in [3.8, 4) is 5.75 Å². The number of aliphatic hydroxyl groups excluding tert-OH is 1. The van der Waals surface area contributed by atoms with Crippen LogP contribution in [0.1, 0.15) is 6.42 Å². The van der Waals surface area contributed by atoms with Gasteiger partial charge in [0.1, 0.15) is 5.75 Å². The molecule has 18 heavy (non-hydrogen) atoms. The highest BCUT2D eigenvalue weighted by Gasteiger charge is 2.28. The molecule has 6 heteroatoms. The van der Waals surface area contributed by atoms with Gasteiger partial charge in [-0.1, -0.05) is 15.9 Å². The Labute approximate surface area is 114 Å². The summed E-state index contributed by atoms with van der Waals surface area (Å²) in [7, 11) is 1.57. The molecule has 0 radical (unpaired) electrons. The highest BCUT2D eigenvalue weighted by Crippen LogP contribution is 2.24. The molecule has 5 nitrogen and oxygen atoms in total. The molecule has 2 rings (SSSR count). The molecule has 1 aliphatic rings. The molecule has 0 bridgehead atoms. The van der Waals surface area contributed by atoms with Crippen molar-refractivity contribution in [3.05, 3.63) is 22.7 Å². The van der Waals surface area contributed by atoms with Gasteiger partial charge in [0.2, 0.25) is 5.91 Å². The summed E-state index contributed by atoms with van der Waals surface area (Å²) >= 11 is 3.35. The Balaban J connectivity index is 2.04. The van der Waals surface area contributed by atoms with Crippen molar-refractivity contribution in [1.82, 2.24) is 5.32 Å². The highest BCUT2D eigenvalue weighted by atomic mass is 79.9. The summed E-state index contributed by atoms with van der Waals surface area (Å²) in [5.41, 5.74) is 0.661. The van der Waals surface area contributed by atoms with E-state index in [9.17, 15) is 9.90 Å². The zero-order valence-electron chi connectivity index (χ0n) is 9.94. The van der Waals surface area contributed by atoms with Gasteiger partial charge in [-0.2, -0.15) is 0 Å². The third-order valence-electron chi connectivity index (χ3n) is 2.80. The Hall–Kier alpha value is -1.11.